The first-order valence-electron chi connectivity index (χ1n) is 6.13. The van der Waals surface area contributed by atoms with Crippen molar-refractivity contribution in [3.63, 3.8) is 0 Å². The van der Waals surface area contributed by atoms with Gasteiger partial charge in [-0.3, -0.25) is 14.9 Å². The van der Waals surface area contributed by atoms with E-state index in [9.17, 15) is 19.7 Å². The number of thioether (sulfide) groups is 1. The minimum Gasteiger partial charge on any atom is -0.465 e. The molecule has 1 aromatic rings. The number of amides is 1. The van der Waals surface area contributed by atoms with Gasteiger partial charge in [-0.2, -0.15) is 0 Å². The second kappa shape index (κ2) is 6.80. The average Bonchev–Trinajstić information content (AvgIpc) is 2.94. The number of hydrogen-bond acceptors (Lipinski definition) is 6. The van der Waals surface area contributed by atoms with E-state index in [0.717, 1.165) is 6.07 Å². The number of allylic oxidation sites excluding steroid dienone is 1. The van der Waals surface area contributed by atoms with Gasteiger partial charge < -0.3 is 10.1 Å². The van der Waals surface area contributed by atoms with Crippen LogP contribution in [0.5, 0.6) is 0 Å². The number of carbonyl (C=O) groups is 2. The van der Waals surface area contributed by atoms with Crippen LogP contribution in [-0.2, 0) is 9.53 Å². The lowest BCUT2D eigenvalue weighted by Crippen LogP contribution is -2.25. The minimum atomic E-state index is -0.687. The van der Waals surface area contributed by atoms with Crippen LogP contribution < -0.4 is 5.32 Å². The molecule has 0 atom stereocenters. The van der Waals surface area contributed by atoms with E-state index in [0.29, 0.717) is 22.8 Å². The molecule has 116 valence electrons. The van der Waals surface area contributed by atoms with Crippen LogP contribution >= 0.6 is 23.4 Å². The Labute approximate surface area is 134 Å². The van der Waals surface area contributed by atoms with E-state index in [2.05, 4.69) is 10.1 Å². The van der Waals surface area contributed by atoms with Crippen LogP contribution in [-0.4, -0.2) is 29.7 Å². The van der Waals surface area contributed by atoms with Gasteiger partial charge >= 0.3 is 5.97 Å². The maximum Gasteiger partial charge on any atom is 0.346 e. The lowest BCUT2D eigenvalue weighted by molar-refractivity contribution is -0.385. The number of ether oxygens (including phenoxy) is 1. The van der Waals surface area contributed by atoms with E-state index in [-0.39, 0.29) is 16.3 Å². The summed E-state index contributed by atoms with van der Waals surface area (Å²) in [5.41, 5.74) is -0.116. The van der Waals surface area contributed by atoms with Crippen LogP contribution in [0.3, 0.4) is 0 Å². The number of hydrogen-bond donors (Lipinski definition) is 1. The fraction of sp³-hybridized carbons (Fsp3) is 0.231. The summed E-state index contributed by atoms with van der Waals surface area (Å²) in [6, 6.07) is 3.72. The second-order valence-corrected chi connectivity index (χ2v) is 5.81. The highest BCUT2D eigenvalue weighted by atomic mass is 35.5. The number of nitrogens with zero attached hydrogens (tertiary/aromatic N) is 1. The molecule has 1 aliphatic rings. The summed E-state index contributed by atoms with van der Waals surface area (Å²) in [5, 5.41) is 13.7. The lowest BCUT2D eigenvalue weighted by atomic mass is 10.1. The first kappa shape index (κ1) is 16.3. The summed E-state index contributed by atoms with van der Waals surface area (Å²) in [7, 11) is 1.25. The Morgan fingerprint density at radius 2 is 2.18 bits per heavy atom. The van der Waals surface area contributed by atoms with Crippen molar-refractivity contribution in [3.8, 4) is 0 Å². The first-order valence-corrected chi connectivity index (χ1v) is 7.50. The molecule has 0 radical (unpaired) electrons. The van der Waals surface area contributed by atoms with Crippen molar-refractivity contribution in [1.29, 1.82) is 0 Å². The van der Waals surface area contributed by atoms with Gasteiger partial charge in [0.1, 0.15) is 10.5 Å². The van der Waals surface area contributed by atoms with Crippen molar-refractivity contribution in [2.24, 2.45) is 0 Å². The average molecular weight is 343 g/mol. The largest absolute Gasteiger partial charge is 0.465 e. The molecule has 0 saturated carbocycles. The van der Waals surface area contributed by atoms with Crippen LogP contribution in [0.1, 0.15) is 16.8 Å². The zero-order valence-electron chi connectivity index (χ0n) is 11.4. The topological polar surface area (TPSA) is 98.5 Å². The molecule has 1 amide bonds. The summed E-state index contributed by atoms with van der Waals surface area (Å²) < 4.78 is 4.63. The summed E-state index contributed by atoms with van der Waals surface area (Å²) >= 11 is 7.06. The van der Waals surface area contributed by atoms with Crippen molar-refractivity contribution in [2.75, 3.05) is 12.9 Å². The van der Waals surface area contributed by atoms with Crippen LogP contribution in [0.15, 0.2) is 28.8 Å². The normalized spacial score (nSPS) is 13.9. The van der Waals surface area contributed by atoms with Gasteiger partial charge in [0.2, 0.25) is 0 Å². The number of nitrogens with one attached hydrogen (secondary N) is 1. The third kappa shape index (κ3) is 3.40. The van der Waals surface area contributed by atoms with E-state index in [1.54, 1.807) is 0 Å². The molecule has 9 heteroatoms. The van der Waals surface area contributed by atoms with Gasteiger partial charge in [0.05, 0.1) is 12.0 Å². The number of carbonyl (C=O) groups excluding carboxylic acids is 2. The molecule has 2 rings (SSSR count). The lowest BCUT2D eigenvalue weighted by Gasteiger charge is -2.08. The van der Waals surface area contributed by atoms with Crippen molar-refractivity contribution < 1.29 is 19.2 Å². The van der Waals surface area contributed by atoms with Crippen molar-refractivity contribution in [3.05, 3.63) is 49.5 Å². The van der Waals surface area contributed by atoms with E-state index >= 15 is 0 Å². The molecule has 0 saturated heterocycles. The summed E-state index contributed by atoms with van der Waals surface area (Å²) in [6.07, 6.45) is 0.467. The number of esters is 1. The Morgan fingerprint density at radius 3 is 2.82 bits per heavy atom. The van der Waals surface area contributed by atoms with E-state index < -0.39 is 16.8 Å². The Morgan fingerprint density at radius 1 is 1.45 bits per heavy atom. The monoisotopic (exact) mass is 342 g/mol. The maximum atomic E-state index is 12.3. The molecule has 0 fully saturated rings. The van der Waals surface area contributed by atoms with Gasteiger partial charge in [-0.15, -0.1) is 11.8 Å². The molecular weight excluding hydrogens is 332 g/mol. The fourth-order valence-corrected chi connectivity index (χ4v) is 3.11. The first-order chi connectivity index (χ1) is 10.4. The van der Waals surface area contributed by atoms with Gasteiger partial charge in [0.15, 0.2) is 0 Å². The molecule has 0 bridgehead atoms. The van der Waals surface area contributed by atoms with Crippen molar-refractivity contribution in [1.82, 2.24) is 5.32 Å². The summed E-state index contributed by atoms with van der Waals surface area (Å²) in [4.78, 5) is 34.5. The highest BCUT2D eigenvalue weighted by Gasteiger charge is 2.26. The zero-order valence-corrected chi connectivity index (χ0v) is 13.0. The van der Waals surface area contributed by atoms with Gasteiger partial charge in [0.25, 0.3) is 11.6 Å². The predicted octanol–water partition coefficient (Wildman–Crippen LogP) is 2.50. The number of nitro benzene ring substituents is 1. The van der Waals surface area contributed by atoms with E-state index in [1.165, 1.54) is 31.0 Å². The molecule has 1 N–H and O–H groups in total. The van der Waals surface area contributed by atoms with Crippen molar-refractivity contribution in [2.45, 2.75) is 6.42 Å². The summed E-state index contributed by atoms with van der Waals surface area (Å²) in [5.74, 6) is -0.607. The molecule has 0 unspecified atom stereocenters. The minimum absolute atomic E-state index is 0.161. The standard InChI is InChI=1S/C13H11ClN2O5S/c1-21-13(18)11-9(4-5-22-11)15-12(17)8-6-7(14)2-3-10(8)16(19)20/h2-3,6H,4-5H2,1H3,(H,15,17). The van der Waals surface area contributed by atoms with Crippen molar-refractivity contribution >= 4 is 40.9 Å². The quantitative estimate of drug-likeness (QED) is 0.513. The fourth-order valence-electron chi connectivity index (χ4n) is 1.90. The zero-order chi connectivity index (χ0) is 16.3. The van der Waals surface area contributed by atoms with Crippen LogP contribution in [0.4, 0.5) is 5.69 Å². The Balaban J connectivity index is 2.32. The predicted molar refractivity (Wildman–Crippen MR) is 81.7 cm³/mol. The van der Waals surface area contributed by atoms with Crippen LogP contribution in [0.2, 0.25) is 5.02 Å². The molecule has 7 nitrogen and oxygen atoms in total. The Kier molecular flexibility index (Phi) is 5.04. The molecule has 1 aliphatic heterocycles. The summed E-state index contributed by atoms with van der Waals surface area (Å²) in [6.45, 7) is 0. The molecular formula is C13H11ClN2O5S. The molecule has 1 aromatic carbocycles. The number of rotatable bonds is 4. The Hall–Kier alpha value is -2.06. The molecule has 22 heavy (non-hydrogen) atoms. The number of methoxy groups -OCH3 is 1. The van der Waals surface area contributed by atoms with Gasteiger partial charge in [0, 0.05) is 22.5 Å². The highest BCUT2D eigenvalue weighted by Crippen LogP contribution is 2.31. The Bertz CT molecular complexity index is 689. The third-order valence-corrected chi connectivity index (χ3v) is 4.25. The highest BCUT2D eigenvalue weighted by molar-refractivity contribution is 8.04. The number of nitro groups is 1. The SMILES string of the molecule is COC(=O)C1=C(NC(=O)c2cc(Cl)ccc2[N+](=O)[O-])CCS1. The van der Waals surface area contributed by atoms with E-state index in [4.69, 9.17) is 11.6 Å². The molecule has 0 spiro atoms. The maximum absolute atomic E-state index is 12.3. The molecule has 0 aromatic heterocycles. The van der Waals surface area contributed by atoms with Gasteiger partial charge in [-0.1, -0.05) is 11.6 Å². The van der Waals surface area contributed by atoms with Gasteiger partial charge in [-0.05, 0) is 18.6 Å². The smallest absolute Gasteiger partial charge is 0.346 e. The number of halogens is 1. The number of benzene rings is 1. The van der Waals surface area contributed by atoms with Crippen LogP contribution in [0.25, 0.3) is 0 Å². The van der Waals surface area contributed by atoms with Gasteiger partial charge in [-0.25, -0.2) is 4.79 Å². The third-order valence-electron chi connectivity index (χ3n) is 2.91. The van der Waals surface area contributed by atoms with E-state index in [1.807, 2.05) is 0 Å². The second-order valence-electron chi connectivity index (χ2n) is 4.27. The van der Waals surface area contributed by atoms with Crippen LogP contribution in [0, 0.1) is 10.1 Å². The molecule has 1 heterocycles. The molecule has 0 aliphatic carbocycles.